The van der Waals surface area contributed by atoms with E-state index in [0.29, 0.717) is 11.4 Å². The molecule has 4 aromatic rings. The third-order valence-corrected chi connectivity index (χ3v) is 12.7. The molecule has 0 radical (unpaired) electrons. The lowest BCUT2D eigenvalue weighted by Gasteiger charge is -2.43. The van der Waals surface area contributed by atoms with Gasteiger partial charge in [-0.15, -0.1) is 11.8 Å². The molecule has 14 heteroatoms. The Morgan fingerprint density at radius 2 is 1.71 bits per heavy atom. The average molecular weight is 708 g/mol. The first-order chi connectivity index (χ1) is 23.5. The van der Waals surface area contributed by atoms with E-state index >= 15 is 0 Å². The Hall–Kier alpha value is -4.56. The molecular weight excluding hydrogens is 680 g/mol. The molecule has 2 N–H and O–H groups in total. The highest BCUT2D eigenvalue weighted by molar-refractivity contribution is 8.00. The number of H-pyrrole nitrogens is 1. The summed E-state index contributed by atoms with van der Waals surface area (Å²) in [6.07, 6.45) is -3.81. The van der Waals surface area contributed by atoms with Gasteiger partial charge in [0.2, 0.25) is 11.8 Å². The zero-order valence-electron chi connectivity index (χ0n) is 25.7. The Balaban J connectivity index is 1.06. The van der Waals surface area contributed by atoms with E-state index in [1.54, 1.807) is 36.0 Å². The molecule has 8 rings (SSSR count). The Labute approximate surface area is 285 Å². The third-order valence-electron chi connectivity index (χ3n) is 10.1. The van der Waals surface area contributed by atoms with Crippen LogP contribution in [0, 0.1) is 29.6 Å². The fourth-order valence-electron chi connectivity index (χ4n) is 8.33. The lowest BCUT2D eigenvalue weighted by Crippen LogP contribution is -2.42. The highest BCUT2D eigenvalue weighted by Crippen LogP contribution is 2.68. The number of anilines is 2. The minimum absolute atomic E-state index is 0.00272. The Morgan fingerprint density at radius 1 is 0.959 bits per heavy atom. The van der Waals surface area contributed by atoms with E-state index in [4.69, 9.17) is 9.47 Å². The third kappa shape index (κ3) is 5.23. The van der Waals surface area contributed by atoms with E-state index in [1.165, 1.54) is 24.1 Å². The summed E-state index contributed by atoms with van der Waals surface area (Å²) in [5.74, 6) is -1.67. The fraction of sp³-hybridized carbons (Fsp3) is 0.314. The van der Waals surface area contributed by atoms with Crippen molar-refractivity contribution in [1.29, 1.82) is 0 Å². The molecule has 2 aliphatic carbocycles. The molecule has 1 aromatic heterocycles. The molecule has 1 saturated heterocycles. The summed E-state index contributed by atoms with van der Waals surface area (Å²) in [5.41, 5.74) is 0.515. The molecule has 252 valence electrons. The number of nitrogens with one attached hydrogen (secondary N) is 2. The van der Waals surface area contributed by atoms with Crippen LogP contribution in [0.3, 0.4) is 0 Å². The first-order valence-corrected chi connectivity index (χ1v) is 17.3. The van der Waals surface area contributed by atoms with Gasteiger partial charge in [-0.25, -0.2) is 0 Å². The van der Waals surface area contributed by atoms with Crippen LogP contribution in [0.2, 0.25) is 0 Å². The molecule has 7 atom stereocenters. The van der Waals surface area contributed by atoms with Crippen molar-refractivity contribution >= 4 is 52.2 Å². The predicted octanol–water partition coefficient (Wildman–Crippen LogP) is 6.16. The number of ether oxygens (including phenoxy) is 2. The van der Waals surface area contributed by atoms with Crippen molar-refractivity contribution in [3.8, 4) is 11.5 Å². The van der Waals surface area contributed by atoms with Gasteiger partial charge >= 0.3 is 11.0 Å². The molecule has 49 heavy (non-hydrogen) atoms. The number of fused-ring (bicyclic) bond motifs is 9. The number of halogens is 3. The van der Waals surface area contributed by atoms with E-state index in [9.17, 15) is 32.3 Å². The molecule has 0 unspecified atom stereocenters. The second-order valence-electron chi connectivity index (χ2n) is 12.6. The SMILES string of the molecule is COc1cc([C@@H]2c3sc(=O)[nH]c3S[C@@H]3[C@@H]4C[C@@H]([C@@H]5C(=O)N(c6ccccc6)C(=O)[C@@H]45)[C@H]23)ccc1OCC(=O)Nc1cccc(C(F)(F)F)c1. The number of rotatable bonds is 7. The molecule has 3 aromatic carbocycles. The minimum atomic E-state index is -4.55. The van der Waals surface area contributed by atoms with Crippen molar-refractivity contribution in [2.75, 3.05) is 23.9 Å². The lowest BCUT2D eigenvalue weighted by atomic mass is 9.68. The molecule has 2 saturated carbocycles. The molecule has 0 spiro atoms. The molecule has 3 amide bonds. The van der Waals surface area contributed by atoms with Gasteiger partial charge in [-0.3, -0.25) is 24.1 Å². The number of alkyl halides is 3. The number of thioether (sulfide) groups is 1. The Morgan fingerprint density at radius 3 is 2.45 bits per heavy atom. The summed E-state index contributed by atoms with van der Waals surface area (Å²) < 4.78 is 50.7. The Bertz CT molecular complexity index is 2050. The van der Waals surface area contributed by atoms with Gasteiger partial charge in [0.25, 0.3) is 5.91 Å². The van der Waals surface area contributed by atoms with Gasteiger partial charge in [0.05, 0.1) is 35.2 Å². The van der Waals surface area contributed by atoms with Gasteiger partial charge in [0, 0.05) is 21.7 Å². The van der Waals surface area contributed by atoms with Crippen LogP contribution in [0.5, 0.6) is 11.5 Å². The summed E-state index contributed by atoms with van der Waals surface area (Å²) in [4.78, 5) is 58.0. The van der Waals surface area contributed by atoms with Crippen LogP contribution in [0.25, 0.3) is 0 Å². The number of aromatic amines is 1. The van der Waals surface area contributed by atoms with E-state index in [0.717, 1.165) is 45.4 Å². The van der Waals surface area contributed by atoms with Gasteiger partial charge < -0.3 is 19.8 Å². The summed E-state index contributed by atoms with van der Waals surface area (Å²) in [5, 5.41) is 3.20. The van der Waals surface area contributed by atoms with Crippen LogP contribution in [-0.2, 0) is 20.6 Å². The van der Waals surface area contributed by atoms with E-state index in [2.05, 4.69) is 10.3 Å². The number of carbonyl (C=O) groups excluding carboxylic acids is 3. The standard InChI is InChI=1S/C35H28F3N3O6S2/c1-46-23-12-16(10-11-22(23)47-15-24(42)39-18-7-5-6-17(13-18)35(36,37)38)25-26-20-14-21(29(26)48-31-30(25)49-34(45)40-31)28-27(20)32(43)41(33(28)44)19-8-3-2-4-9-19/h2-13,20-21,25-29H,14-15H2,1H3,(H,39,42)(H,40,45)/t20-,21-,25+,26-,27+,28+,29-/m1/s1. The summed E-state index contributed by atoms with van der Waals surface area (Å²) in [7, 11) is 1.46. The first-order valence-electron chi connectivity index (χ1n) is 15.6. The predicted molar refractivity (Wildman–Crippen MR) is 176 cm³/mol. The van der Waals surface area contributed by atoms with Crippen molar-refractivity contribution in [3.05, 3.63) is 98.5 Å². The normalized spacial score (nSPS) is 26.7. The molecule has 9 nitrogen and oxygen atoms in total. The number of aromatic nitrogens is 1. The maximum absolute atomic E-state index is 13.9. The van der Waals surface area contributed by atoms with E-state index in [-0.39, 0.29) is 57.0 Å². The summed E-state index contributed by atoms with van der Waals surface area (Å²) in [6, 6.07) is 18.6. The number of nitrogens with zero attached hydrogens (tertiary/aromatic N) is 1. The molecule has 3 fully saturated rings. The second kappa shape index (κ2) is 11.8. The Kier molecular flexibility index (Phi) is 7.63. The number of carbonyl (C=O) groups is 3. The van der Waals surface area contributed by atoms with Crippen molar-refractivity contribution in [2.45, 2.75) is 28.8 Å². The average Bonchev–Trinajstić information content (AvgIpc) is 3.82. The van der Waals surface area contributed by atoms with Crippen LogP contribution in [0.1, 0.15) is 28.3 Å². The smallest absolute Gasteiger partial charge is 0.416 e. The summed E-state index contributed by atoms with van der Waals surface area (Å²) in [6.45, 7) is -0.485. The van der Waals surface area contributed by atoms with Crippen molar-refractivity contribution < 1.29 is 37.0 Å². The van der Waals surface area contributed by atoms with Crippen molar-refractivity contribution in [2.24, 2.45) is 29.6 Å². The number of amides is 3. The zero-order valence-corrected chi connectivity index (χ0v) is 27.4. The van der Waals surface area contributed by atoms with Gasteiger partial charge in [-0.05, 0) is 72.2 Å². The lowest BCUT2D eigenvalue weighted by molar-refractivity contribution is -0.137. The monoisotopic (exact) mass is 707 g/mol. The number of methoxy groups -OCH3 is 1. The fourth-order valence-corrected chi connectivity index (χ4v) is 11.2. The topological polar surface area (TPSA) is 118 Å². The van der Waals surface area contributed by atoms with Crippen molar-refractivity contribution in [3.63, 3.8) is 0 Å². The molecule has 4 aliphatic rings. The number of hydrogen-bond donors (Lipinski definition) is 2. The first kappa shape index (κ1) is 31.7. The minimum Gasteiger partial charge on any atom is -0.493 e. The number of hydrogen-bond acceptors (Lipinski definition) is 8. The van der Waals surface area contributed by atoms with Crippen molar-refractivity contribution in [1.82, 2.24) is 4.98 Å². The highest BCUT2D eigenvalue weighted by Gasteiger charge is 2.69. The maximum atomic E-state index is 13.9. The van der Waals surface area contributed by atoms with Crippen LogP contribution >= 0.6 is 23.1 Å². The van der Waals surface area contributed by atoms with E-state index in [1.807, 2.05) is 24.3 Å². The van der Waals surface area contributed by atoms with Crippen LogP contribution in [0.4, 0.5) is 24.5 Å². The number of thiazole rings is 1. The zero-order chi connectivity index (χ0) is 34.2. The van der Waals surface area contributed by atoms with Gasteiger partial charge in [0.15, 0.2) is 18.1 Å². The molecular formula is C35H28F3N3O6S2. The maximum Gasteiger partial charge on any atom is 0.416 e. The van der Waals surface area contributed by atoms with Gasteiger partial charge in [-0.2, -0.15) is 13.2 Å². The van der Waals surface area contributed by atoms with Crippen LogP contribution < -0.4 is 24.6 Å². The highest BCUT2D eigenvalue weighted by atomic mass is 32.2. The van der Waals surface area contributed by atoms with Gasteiger partial charge in [0.1, 0.15) is 0 Å². The van der Waals surface area contributed by atoms with Gasteiger partial charge in [-0.1, -0.05) is 41.7 Å². The summed E-state index contributed by atoms with van der Waals surface area (Å²) >= 11 is 2.74. The number of benzene rings is 3. The quantitative estimate of drug-likeness (QED) is 0.221. The molecule has 2 bridgehead atoms. The molecule has 3 heterocycles. The van der Waals surface area contributed by atoms with E-state index < -0.39 is 36.1 Å². The largest absolute Gasteiger partial charge is 0.493 e. The van der Waals surface area contributed by atoms with Crippen LogP contribution in [0.15, 0.2) is 82.6 Å². The number of imide groups is 1. The number of para-hydroxylation sites is 1. The second-order valence-corrected chi connectivity index (χ2v) is 14.8. The molecule has 2 aliphatic heterocycles. The van der Waals surface area contributed by atoms with Crippen LogP contribution in [-0.4, -0.2) is 41.7 Å².